The van der Waals surface area contributed by atoms with Gasteiger partial charge in [0.05, 0.1) is 16.8 Å². The maximum atomic E-state index is 12.7. The molecule has 0 spiro atoms. The molecule has 8 heteroatoms. The van der Waals surface area contributed by atoms with Crippen molar-refractivity contribution in [1.82, 2.24) is 0 Å². The molecule has 1 N–H and O–H groups in total. The molecule has 0 bridgehead atoms. The van der Waals surface area contributed by atoms with Gasteiger partial charge in [-0.1, -0.05) is 19.1 Å². The van der Waals surface area contributed by atoms with E-state index in [4.69, 9.17) is 0 Å². The molecule has 24 heavy (non-hydrogen) atoms. The van der Waals surface area contributed by atoms with Gasteiger partial charge in [0.2, 0.25) is 10.0 Å². The summed E-state index contributed by atoms with van der Waals surface area (Å²) in [7, 11) is -5.58. The number of rotatable bonds is 6. The van der Waals surface area contributed by atoms with E-state index < -0.39 is 20.0 Å². The highest BCUT2D eigenvalue weighted by atomic mass is 32.2. The zero-order valence-electron chi connectivity index (χ0n) is 13.7. The molecule has 0 aliphatic heterocycles. The lowest BCUT2D eigenvalue weighted by atomic mass is 10.2. The number of anilines is 2. The molecule has 2 rings (SSSR count). The third kappa shape index (κ3) is 4.27. The highest BCUT2D eigenvalue weighted by molar-refractivity contribution is 7.92. The number of nitrogens with one attached hydrogen (secondary N) is 1. The molecule has 2 aromatic carbocycles. The van der Waals surface area contributed by atoms with E-state index in [1.807, 2.05) is 6.92 Å². The summed E-state index contributed by atoms with van der Waals surface area (Å²) in [6.45, 7) is 2.00. The van der Waals surface area contributed by atoms with Gasteiger partial charge >= 0.3 is 0 Å². The number of sulfonamides is 2. The summed E-state index contributed by atoms with van der Waals surface area (Å²) in [5.74, 6) is 0. The van der Waals surface area contributed by atoms with Crippen molar-refractivity contribution in [2.75, 3.05) is 22.3 Å². The number of hydrogen-bond acceptors (Lipinski definition) is 4. The molecule has 0 aliphatic carbocycles. The summed E-state index contributed by atoms with van der Waals surface area (Å²) in [5, 5.41) is 0. The van der Waals surface area contributed by atoms with Gasteiger partial charge in [-0.25, -0.2) is 16.8 Å². The Labute approximate surface area is 143 Å². The molecular formula is C16H20N2O4S2. The first-order chi connectivity index (χ1) is 11.1. The topological polar surface area (TPSA) is 83.6 Å². The van der Waals surface area contributed by atoms with E-state index in [9.17, 15) is 16.8 Å². The maximum Gasteiger partial charge on any atom is 0.264 e. The summed E-state index contributed by atoms with van der Waals surface area (Å²) < 4.78 is 51.2. The van der Waals surface area contributed by atoms with Crippen LogP contribution < -0.4 is 9.03 Å². The standard InChI is InChI=1S/C16H20N2O4S2/c1-4-13-5-11-16(12-6-13)24(21,22)18(2)15-9-7-14(8-10-15)17-23(3,19)20/h5-12,17H,4H2,1-3H3. The zero-order valence-corrected chi connectivity index (χ0v) is 15.4. The van der Waals surface area contributed by atoms with E-state index in [-0.39, 0.29) is 4.90 Å². The average Bonchev–Trinajstić information content (AvgIpc) is 2.53. The molecular weight excluding hydrogens is 348 g/mol. The lowest BCUT2D eigenvalue weighted by Gasteiger charge is -2.20. The van der Waals surface area contributed by atoms with Crippen LogP contribution in [0.2, 0.25) is 0 Å². The lowest BCUT2D eigenvalue weighted by molar-refractivity contribution is 0.594. The van der Waals surface area contributed by atoms with E-state index in [1.54, 1.807) is 36.4 Å². The van der Waals surface area contributed by atoms with Crippen LogP contribution in [0.25, 0.3) is 0 Å². The second kappa shape index (κ2) is 6.82. The van der Waals surface area contributed by atoms with Crippen molar-refractivity contribution in [3.05, 3.63) is 54.1 Å². The molecule has 0 heterocycles. The molecule has 0 atom stereocenters. The minimum atomic E-state index is -3.67. The predicted molar refractivity (Wildman–Crippen MR) is 96.3 cm³/mol. The molecule has 0 saturated heterocycles. The quantitative estimate of drug-likeness (QED) is 0.849. The van der Waals surface area contributed by atoms with Gasteiger partial charge in [0.1, 0.15) is 0 Å². The average molecular weight is 368 g/mol. The Kier molecular flexibility index (Phi) is 5.19. The van der Waals surface area contributed by atoms with Crippen LogP contribution in [-0.2, 0) is 26.5 Å². The third-order valence-electron chi connectivity index (χ3n) is 3.52. The SMILES string of the molecule is CCc1ccc(S(=O)(=O)N(C)c2ccc(NS(C)(=O)=O)cc2)cc1. The Hall–Kier alpha value is -2.06. The minimum Gasteiger partial charge on any atom is -0.284 e. The summed E-state index contributed by atoms with van der Waals surface area (Å²) in [5.41, 5.74) is 1.88. The van der Waals surface area contributed by atoms with Crippen LogP contribution in [0.1, 0.15) is 12.5 Å². The molecule has 0 unspecified atom stereocenters. The second-order valence-electron chi connectivity index (χ2n) is 5.39. The normalized spacial score (nSPS) is 12.0. The largest absolute Gasteiger partial charge is 0.284 e. The van der Waals surface area contributed by atoms with Crippen molar-refractivity contribution in [2.24, 2.45) is 0 Å². The van der Waals surface area contributed by atoms with Crippen molar-refractivity contribution >= 4 is 31.4 Å². The van der Waals surface area contributed by atoms with Crippen LogP contribution in [0, 0.1) is 0 Å². The zero-order chi connectivity index (χ0) is 18.0. The van der Waals surface area contributed by atoms with Crippen LogP contribution in [0.5, 0.6) is 0 Å². The smallest absolute Gasteiger partial charge is 0.264 e. The van der Waals surface area contributed by atoms with Gasteiger partial charge in [0.15, 0.2) is 0 Å². The van der Waals surface area contributed by atoms with Gasteiger partial charge in [-0.15, -0.1) is 0 Å². The van der Waals surface area contributed by atoms with Gasteiger partial charge < -0.3 is 0 Å². The van der Waals surface area contributed by atoms with Crippen LogP contribution in [-0.4, -0.2) is 30.1 Å². The first kappa shape index (κ1) is 18.3. The number of aryl methyl sites for hydroxylation is 1. The highest BCUT2D eigenvalue weighted by Gasteiger charge is 2.21. The van der Waals surface area contributed by atoms with Crippen LogP contribution in [0.4, 0.5) is 11.4 Å². The van der Waals surface area contributed by atoms with Gasteiger partial charge in [-0.05, 0) is 48.4 Å². The third-order valence-corrected chi connectivity index (χ3v) is 5.93. The molecule has 2 aromatic rings. The van der Waals surface area contributed by atoms with Crippen molar-refractivity contribution < 1.29 is 16.8 Å². The van der Waals surface area contributed by atoms with Gasteiger partial charge in [-0.2, -0.15) is 0 Å². The van der Waals surface area contributed by atoms with Crippen LogP contribution in [0.3, 0.4) is 0 Å². The molecule has 0 aromatic heterocycles. The van der Waals surface area contributed by atoms with Gasteiger partial charge in [-0.3, -0.25) is 9.03 Å². The molecule has 6 nitrogen and oxygen atoms in total. The predicted octanol–water partition coefficient (Wildman–Crippen LogP) is 2.45. The molecule has 0 saturated carbocycles. The molecule has 0 aliphatic rings. The van der Waals surface area contributed by atoms with Crippen molar-refractivity contribution in [2.45, 2.75) is 18.2 Å². The molecule has 0 fully saturated rings. The fourth-order valence-corrected chi connectivity index (χ4v) is 3.91. The molecule has 0 amide bonds. The maximum absolute atomic E-state index is 12.7. The summed E-state index contributed by atoms with van der Waals surface area (Å²) in [6, 6.07) is 12.9. The van der Waals surface area contributed by atoms with E-state index in [0.717, 1.165) is 22.5 Å². The first-order valence-electron chi connectivity index (χ1n) is 7.29. The monoisotopic (exact) mass is 368 g/mol. The highest BCUT2D eigenvalue weighted by Crippen LogP contribution is 2.24. The van der Waals surface area contributed by atoms with Crippen molar-refractivity contribution in [3.8, 4) is 0 Å². The van der Waals surface area contributed by atoms with Crippen molar-refractivity contribution in [1.29, 1.82) is 0 Å². The van der Waals surface area contributed by atoms with E-state index in [0.29, 0.717) is 11.4 Å². The first-order valence-corrected chi connectivity index (χ1v) is 10.6. The number of hydrogen-bond donors (Lipinski definition) is 1. The van der Waals surface area contributed by atoms with Gasteiger partial charge in [0, 0.05) is 12.7 Å². The Morgan fingerprint density at radius 2 is 1.46 bits per heavy atom. The molecule has 130 valence electrons. The summed E-state index contributed by atoms with van der Waals surface area (Å²) >= 11 is 0. The van der Waals surface area contributed by atoms with Crippen molar-refractivity contribution in [3.63, 3.8) is 0 Å². The Morgan fingerprint density at radius 1 is 0.917 bits per heavy atom. The summed E-state index contributed by atoms with van der Waals surface area (Å²) in [6.07, 6.45) is 1.89. The fraction of sp³-hybridized carbons (Fsp3) is 0.250. The Balaban J connectivity index is 2.27. The van der Waals surface area contributed by atoms with Crippen LogP contribution in [0.15, 0.2) is 53.4 Å². The van der Waals surface area contributed by atoms with E-state index >= 15 is 0 Å². The van der Waals surface area contributed by atoms with Crippen LogP contribution >= 0.6 is 0 Å². The van der Waals surface area contributed by atoms with Gasteiger partial charge in [0.25, 0.3) is 10.0 Å². The lowest BCUT2D eigenvalue weighted by Crippen LogP contribution is -2.26. The number of nitrogens with zero attached hydrogens (tertiary/aromatic N) is 1. The Bertz CT molecular complexity index is 904. The van der Waals surface area contributed by atoms with E-state index in [2.05, 4.69) is 4.72 Å². The number of benzene rings is 2. The minimum absolute atomic E-state index is 0.209. The fourth-order valence-electron chi connectivity index (χ4n) is 2.15. The summed E-state index contributed by atoms with van der Waals surface area (Å²) in [4.78, 5) is 0.209. The Morgan fingerprint density at radius 3 is 1.92 bits per heavy atom. The van der Waals surface area contributed by atoms with E-state index in [1.165, 1.54) is 19.2 Å². The molecule has 0 radical (unpaired) electrons. The second-order valence-corrected chi connectivity index (χ2v) is 9.11.